The minimum atomic E-state index is -1.71. The van der Waals surface area contributed by atoms with E-state index in [1.807, 2.05) is 13.8 Å². The van der Waals surface area contributed by atoms with E-state index in [4.69, 9.17) is 11.5 Å². The van der Waals surface area contributed by atoms with Crippen LogP contribution < -0.4 is 54.0 Å². The molecule has 438 valence electrons. The maximum Gasteiger partial charge on any atom is 0.327 e. The Labute approximate surface area is 471 Å². The maximum absolute atomic E-state index is 14.0. The molecule has 27 heteroatoms. The number of thioether (sulfide) groups is 1. The summed E-state index contributed by atoms with van der Waals surface area (Å²) in [4.78, 5) is 149. The quantitative estimate of drug-likeness (QED) is 0.0345. The number of carboxylic acid groups (broad SMARTS) is 1. The summed E-state index contributed by atoms with van der Waals surface area (Å²) >= 11 is 9.60. The van der Waals surface area contributed by atoms with Gasteiger partial charge in [0.25, 0.3) is 0 Å². The number of rotatable bonds is 35. The van der Waals surface area contributed by atoms with E-state index in [1.54, 1.807) is 64.3 Å². The molecule has 1 aliphatic heterocycles. The van der Waals surface area contributed by atoms with Crippen LogP contribution in [0.25, 0.3) is 0 Å². The molecule has 1 fully saturated rings. The SMILES string of the molecule is CC[C@H](C)[C@H](NC(=O)[C@@H]1CCCN1C(=O)[C@@H](N)CC(C)C)C(=O)N[C@@H](CCC(N)=O)C(=O)N[C@@H](CS)C(=O)N[C@@H](CO)C(=O)N[C@@H](CC(C)C)C(=O)N[C@@H](CCSC)C(=O)N[C@@H](Cc1ccccc1)C(=O)N[C@@H](CS)C(=O)O. The summed E-state index contributed by atoms with van der Waals surface area (Å²) in [6.07, 6.45) is 2.79. The van der Waals surface area contributed by atoms with Crippen molar-refractivity contribution >= 4 is 102 Å². The number of amides is 10. The summed E-state index contributed by atoms with van der Waals surface area (Å²) in [6, 6.07) is -4.25. The fourth-order valence-corrected chi connectivity index (χ4v) is 9.34. The molecule has 0 bridgehead atoms. The van der Waals surface area contributed by atoms with Gasteiger partial charge in [-0.25, -0.2) is 4.79 Å². The highest BCUT2D eigenvalue weighted by Crippen LogP contribution is 2.21. The van der Waals surface area contributed by atoms with E-state index in [-0.39, 0.29) is 61.4 Å². The number of carbonyl (C=O) groups is 11. The van der Waals surface area contributed by atoms with Crippen molar-refractivity contribution in [1.82, 2.24) is 47.4 Å². The van der Waals surface area contributed by atoms with E-state index in [1.165, 1.54) is 16.7 Å². The lowest BCUT2D eigenvalue weighted by Gasteiger charge is -2.31. The molecule has 0 aromatic heterocycles. The van der Waals surface area contributed by atoms with Crippen LogP contribution in [0, 0.1) is 17.8 Å². The summed E-state index contributed by atoms with van der Waals surface area (Å²) in [5.41, 5.74) is 12.2. The van der Waals surface area contributed by atoms with Gasteiger partial charge in [0.2, 0.25) is 59.1 Å². The van der Waals surface area contributed by atoms with Crippen molar-refractivity contribution in [2.45, 2.75) is 160 Å². The van der Waals surface area contributed by atoms with Crippen LogP contribution >= 0.6 is 37.0 Å². The first kappa shape index (κ1) is 68.5. The fraction of sp³-hybridized carbons (Fsp3) is 0.667. The molecule has 1 aromatic rings. The van der Waals surface area contributed by atoms with Gasteiger partial charge in [-0.15, -0.1) is 0 Å². The number of carbonyl (C=O) groups excluding carboxylic acids is 10. The summed E-state index contributed by atoms with van der Waals surface area (Å²) in [7, 11) is 0. The molecule has 1 aliphatic rings. The van der Waals surface area contributed by atoms with Crippen LogP contribution in [0.15, 0.2) is 30.3 Å². The number of benzene rings is 1. The highest BCUT2D eigenvalue weighted by Gasteiger charge is 2.40. The molecule has 11 atom stereocenters. The molecule has 14 N–H and O–H groups in total. The lowest BCUT2D eigenvalue weighted by Crippen LogP contribution is -2.61. The maximum atomic E-state index is 14.0. The third-order valence-corrected chi connectivity index (χ3v) is 14.3. The Bertz CT molecular complexity index is 2200. The fourth-order valence-electron chi connectivity index (χ4n) is 8.37. The van der Waals surface area contributed by atoms with Crippen LogP contribution in [-0.4, -0.2) is 177 Å². The van der Waals surface area contributed by atoms with E-state index in [0.29, 0.717) is 43.5 Å². The average Bonchev–Trinajstić information content (AvgIpc) is 3.89. The Morgan fingerprint density at radius 1 is 0.667 bits per heavy atom. The molecule has 1 heterocycles. The monoisotopic (exact) mass is 1150 g/mol. The predicted molar refractivity (Wildman–Crippen MR) is 301 cm³/mol. The number of nitrogens with zero attached hydrogens (tertiary/aromatic N) is 1. The second kappa shape index (κ2) is 35.1. The van der Waals surface area contributed by atoms with Crippen molar-refractivity contribution < 1.29 is 63.0 Å². The number of nitrogens with two attached hydrogens (primary N) is 2. The minimum absolute atomic E-state index is 0.0149. The van der Waals surface area contributed by atoms with Gasteiger partial charge >= 0.3 is 5.97 Å². The van der Waals surface area contributed by atoms with Crippen molar-refractivity contribution in [3.05, 3.63) is 35.9 Å². The van der Waals surface area contributed by atoms with Crippen molar-refractivity contribution in [2.24, 2.45) is 29.2 Å². The number of thiol groups is 2. The molecule has 2 rings (SSSR count). The molecule has 0 saturated carbocycles. The Kier molecular flexibility index (Phi) is 30.8. The standard InChI is InChI=1S/C51H83N11O13S3/c1-8-29(6)41(61-48(71)39-15-12-19-62(39)50(73)31(52)21-27(2)3)49(72)55-32(16-17-40(53)64)42(65)59-37(25-76)47(70)58-36(24-63)46(69)56-34(22-28(4)5)44(67)54-33(18-20-78-7)43(66)57-35(23-30-13-10-9-11-14-30)45(68)60-38(26-77)51(74)75/h9-11,13-14,27-29,31-39,41,63,76-77H,8,12,15-26,52H2,1-7H3,(H2,53,64)(H,54,67)(H,55,72)(H,56,69)(H,57,66)(H,58,70)(H,59,65)(H,60,68)(H,61,71)(H,74,75)/t29-,31-,32-,33-,34-,35-,36-,37-,38-,39-,41-/m0/s1. The van der Waals surface area contributed by atoms with Gasteiger partial charge < -0.3 is 69.1 Å². The third kappa shape index (κ3) is 23.0. The lowest BCUT2D eigenvalue weighted by molar-refractivity contribution is -0.141. The highest BCUT2D eigenvalue weighted by molar-refractivity contribution is 7.98. The van der Waals surface area contributed by atoms with E-state index < -0.39 is 132 Å². The molecule has 0 spiro atoms. The number of aliphatic hydroxyl groups is 1. The summed E-state index contributed by atoms with van der Waals surface area (Å²) in [5, 5.41) is 40.3. The van der Waals surface area contributed by atoms with E-state index in [0.717, 1.165) is 0 Å². The number of carboxylic acids is 1. The molecule has 1 saturated heterocycles. The molecule has 78 heavy (non-hydrogen) atoms. The van der Waals surface area contributed by atoms with Crippen molar-refractivity contribution in [2.75, 3.05) is 36.7 Å². The second-order valence-electron chi connectivity index (χ2n) is 20.2. The summed E-state index contributed by atoms with van der Waals surface area (Å²) in [6.45, 7) is 10.2. The predicted octanol–water partition coefficient (Wildman–Crippen LogP) is -1.48. The minimum Gasteiger partial charge on any atom is -0.480 e. The topological polar surface area (TPSA) is 380 Å². The van der Waals surface area contributed by atoms with Crippen LogP contribution in [0.3, 0.4) is 0 Å². The van der Waals surface area contributed by atoms with Gasteiger partial charge in [-0.2, -0.15) is 37.0 Å². The second-order valence-corrected chi connectivity index (χ2v) is 21.9. The Balaban J connectivity index is 2.29. The zero-order valence-corrected chi connectivity index (χ0v) is 48.2. The van der Waals surface area contributed by atoms with Crippen molar-refractivity contribution in [3.8, 4) is 0 Å². The number of likely N-dealkylation sites (tertiary alicyclic amines) is 1. The number of primary amides is 1. The number of hydrogen-bond donors (Lipinski definition) is 14. The number of aliphatic hydroxyl groups excluding tert-OH is 1. The number of nitrogens with one attached hydrogen (secondary N) is 8. The van der Waals surface area contributed by atoms with Crippen LogP contribution in [0.2, 0.25) is 0 Å². The van der Waals surface area contributed by atoms with Gasteiger partial charge in [0, 0.05) is 30.9 Å². The van der Waals surface area contributed by atoms with Crippen LogP contribution in [-0.2, 0) is 59.2 Å². The third-order valence-electron chi connectivity index (χ3n) is 12.9. The van der Waals surface area contributed by atoms with Crippen LogP contribution in [0.1, 0.15) is 98.5 Å². The first-order valence-corrected chi connectivity index (χ1v) is 28.8. The van der Waals surface area contributed by atoms with Gasteiger partial charge in [-0.3, -0.25) is 47.9 Å². The van der Waals surface area contributed by atoms with E-state index >= 15 is 0 Å². The Morgan fingerprint density at radius 2 is 1.15 bits per heavy atom. The van der Waals surface area contributed by atoms with Gasteiger partial charge in [-0.1, -0.05) is 78.3 Å². The molecule has 1 aromatic carbocycles. The molecule has 0 radical (unpaired) electrons. The van der Waals surface area contributed by atoms with Crippen molar-refractivity contribution in [1.29, 1.82) is 0 Å². The van der Waals surface area contributed by atoms with E-state index in [2.05, 4.69) is 67.8 Å². The van der Waals surface area contributed by atoms with Gasteiger partial charge in [0.15, 0.2) is 0 Å². The summed E-state index contributed by atoms with van der Waals surface area (Å²) < 4.78 is 0. The van der Waals surface area contributed by atoms with Gasteiger partial charge in [-0.05, 0) is 73.9 Å². The number of hydrogen-bond acceptors (Lipinski definition) is 16. The normalized spacial score (nSPS) is 17.1. The molecular weight excluding hydrogens is 1070 g/mol. The lowest BCUT2D eigenvalue weighted by atomic mass is 9.96. The molecule has 24 nitrogen and oxygen atoms in total. The molecule has 10 amide bonds. The average molecular weight is 1150 g/mol. The molecular formula is C51H83N11O13S3. The Hall–Kier alpha value is -5.64. The Morgan fingerprint density at radius 3 is 1.69 bits per heavy atom. The first-order chi connectivity index (χ1) is 36.8. The molecule has 0 aliphatic carbocycles. The smallest absolute Gasteiger partial charge is 0.327 e. The highest BCUT2D eigenvalue weighted by atomic mass is 32.2. The number of aliphatic carboxylic acids is 1. The van der Waals surface area contributed by atoms with Crippen LogP contribution in [0.5, 0.6) is 0 Å². The zero-order valence-electron chi connectivity index (χ0n) is 45.6. The van der Waals surface area contributed by atoms with Gasteiger partial charge in [0.1, 0.15) is 54.4 Å². The van der Waals surface area contributed by atoms with E-state index in [9.17, 15) is 63.0 Å². The first-order valence-electron chi connectivity index (χ1n) is 26.2. The largest absolute Gasteiger partial charge is 0.480 e. The summed E-state index contributed by atoms with van der Waals surface area (Å²) in [5.74, 6) is -10.2. The van der Waals surface area contributed by atoms with Crippen molar-refractivity contribution in [3.63, 3.8) is 0 Å². The molecule has 0 unspecified atom stereocenters. The zero-order chi connectivity index (χ0) is 58.8. The van der Waals surface area contributed by atoms with Gasteiger partial charge in [0.05, 0.1) is 12.6 Å². The van der Waals surface area contributed by atoms with Crippen LogP contribution in [0.4, 0.5) is 0 Å².